The standard InChI is InChI=1S/C12H15BrN2O/c1-8-3-4-9(13)11(7-8)14-10-5-6-15(2)12(10)16/h3-4,7,10,14H,5-6H2,1-2H3. The van der Waals surface area contributed by atoms with Crippen molar-refractivity contribution in [1.82, 2.24) is 4.90 Å². The Morgan fingerprint density at radius 2 is 2.25 bits per heavy atom. The number of benzene rings is 1. The summed E-state index contributed by atoms with van der Waals surface area (Å²) in [6.07, 6.45) is 0.871. The van der Waals surface area contributed by atoms with Crippen molar-refractivity contribution >= 4 is 27.5 Å². The number of nitrogens with zero attached hydrogens (tertiary/aromatic N) is 1. The first-order chi connectivity index (χ1) is 7.58. The van der Waals surface area contributed by atoms with Gasteiger partial charge in [0.05, 0.1) is 0 Å². The summed E-state index contributed by atoms with van der Waals surface area (Å²) >= 11 is 3.49. The van der Waals surface area contributed by atoms with Crippen molar-refractivity contribution in [3.05, 3.63) is 28.2 Å². The number of anilines is 1. The highest BCUT2D eigenvalue weighted by atomic mass is 79.9. The highest BCUT2D eigenvalue weighted by Crippen LogP contribution is 2.25. The number of aryl methyl sites for hydroxylation is 1. The maximum Gasteiger partial charge on any atom is 0.244 e. The van der Waals surface area contributed by atoms with Gasteiger partial charge in [-0.2, -0.15) is 0 Å². The Kier molecular flexibility index (Phi) is 3.19. The molecule has 1 aliphatic rings. The van der Waals surface area contributed by atoms with E-state index in [0.29, 0.717) is 0 Å². The molecule has 2 rings (SSSR count). The molecule has 1 aromatic carbocycles. The Hall–Kier alpha value is -1.03. The molecular weight excluding hydrogens is 268 g/mol. The first-order valence-corrected chi connectivity index (χ1v) is 6.15. The minimum Gasteiger partial charge on any atom is -0.373 e. The maximum atomic E-state index is 11.8. The number of likely N-dealkylation sites (N-methyl/N-ethyl adjacent to an activating group) is 1. The fraction of sp³-hybridized carbons (Fsp3) is 0.417. The number of amides is 1. The van der Waals surface area contributed by atoms with Gasteiger partial charge in [0.1, 0.15) is 6.04 Å². The van der Waals surface area contributed by atoms with Gasteiger partial charge in [-0.3, -0.25) is 4.79 Å². The van der Waals surface area contributed by atoms with Crippen LogP contribution in [-0.2, 0) is 4.79 Å². The first kappa shape index (κ1) is 11.5. The minimum absolute atomic E-state index is 0.0805. The molecule has 0 aromatic heterocycles. The molecule has 1 fully saturated rings. The normalized spacial score (nSPS) is 20.3. The molecule has 1 atom stereocenters. The predicted molar refractivity (Wildman–Crippen MR) is 68.5 cm³/mol. The first-order valence-electron chi connectivity index (χ1n) is 5.35. The van der Waals surface area contributed by atoms with Crippen LogP contribution in [0.1, 0.15) is 12.0 Å². The molecule has 1 heterocycles. The molecule has 1 saturated heterocycles. The maximum absolute atomic E-state index is 11.8. The summed E-state index contributed by atoms with van der Waals surface area (Å²) in [7, 11) is 1.84. The van der Waals surface area contributed by atoms with Crippen molar-refractivity contribution in [3.8, 4) is 0 Å². The van der Waals surface area contributed by atoms with Crippen LogP contribution in [0.3, 0.4) is 0 Å². The molecule has 4 heteroatoms. The van der Waals surface area contributed by atoms with Gasteiger partial charge in [0.15, 0.2) is 0 Å². The lowest BCUT2D eigenvalue weighted by Crippen LogP contribution is -2.31. The lowest BCUT2D eigenvalue weighted by atomic mass is 10.2. The zero-order chi connectivity index (χ0) is 11.7. The summed E-state index contributed by atoms with van der Waals surface area (Å²) < 4.78 is 1.00. The molecule has 3 nitrogen and oxygen atoms in total. The van der Waals surface area contributed by atoms with E-state index in [9.17, 15) is 4.79 Å². The Bertz CT molecular complexity index is 419. The van der Waals surface area contributed by atoms with E-state index < -0.39 is 0 Å². The summed E-state index contributed by atoms with van der Waals surface area (Å²) in [5.41, 5.74) is 2.18. The third-order valence-corrected chi connectivity index (χ3v) is 3.57. The van der Waals surface area contributed by atoms with Crippen LogP contribution in [0.15, 0.2) is 22.7 Å². The van der Waals surface area contributed by atoms with Crippen molar-refractivity contribution in [3.63, 3.8) is 0 Å². The van der Waals surface area contributed by atoms with Crippen molar-refractivity contribution in [2.75, 3.05) is 18.9 Å². The largest absolute Gasteiger partial charge is 0.373 e. The van der Waals surface area contributed by atoms with Gasteiger partial charge in [0.25, 0.3) is 0 Å². The molecule has 1 aliphatic heterocycles. The molecule has 16 heavy (non-hydrogen) atoms. The van der Waals surface area contributed by atoms with Gasteiger partial charge in [-0.1, -0.05) is 6.07 Å². The molecule has 0 bridgehead atoms. The third-order valence-electron chi connectivity index (χ3n) is 2.88. The van der Waals surface area contributed by atoms with E-state index in [1.807, 2.05) is 26.1 Å². The average molecular weight is 283 g/mol. The van der Waals surface area contributed by atoms with Gasteiger partial charge in [-0.05, 0) is 47.0 Å². The number of hydrogen-bond acceptors (Lipinski definition) is 2. The van der Waals surface area contributed by atoms with Gasteiger partial charge in [-0.25, -0.2) is 0 Å². The molecule has 1 unspecified atom stereocenters. The second kappa shape index (κ2) is 4.45. The molecule has 1 aromatic rings. The molecule has 0 saturated carbocycles. The lowest BCUT2D eigenvalue weighted by molar-refractivity contribution is -0.127. The molecule has 86 valence electrons. The van der Waals surface area contributed by atoms with Gasteiger partial charge < -0.3 is 10.2 Å². The van der Waals surface area contributed by atoms with Crippen LogP contribution in [0.5, 0.6) is 0 Å². The summed E-state index contributed by atoms with van der Waals surface area (Å²) in [4.78, 5) is 13.5. The summed E-state index contributed by atoms with van der Waals surface area (Å²) in [5, 5.41) is 3.29. The Balaban J connectivity index is 2.15. The van der Waals surface area contributed by atoms with Crippen LogP contribution < -0.4 is 5.32 Å². The van der Waals surface area contributed by atoms with Crippen LogP contribution in [0.2, 0.25) is 0 Å². The SMILES string of the molecule is Cc1ccc(Br)c(NC2CCN(C)C2=O)c1. The van der Waals surface area contributed by atoms with Crippen molar-refractivity contribution in [1.29, 1.82) is 0 Å². The second-order valence-corrected chi connectivity index (χ2v) is 5.08. The van der Waals surface area contributed by atoms with E-state index in [1.54, 1.807) is 4.90 Å². The van der Waals surface area contributed by atoms with Gasteiger partial charge >= 0.3 is 0 Å². The fourth-order valence-corrected chi connectivity index (χ4v) is 2.25. The minimum atomic E-state index is -0.0805. The molecular formula is C12H15BrN2O. The molecule has 0 radical (unpaired) electrons. The molecule has 1 N–H and O–H groups in total. The Labute approximate surface area is 104 Å². The fourth-order valence-electron chi connectivity index (χ4n) is 1.89. The highest BCUT2D eigenvalue weighted by Gasteiger charge is 2.28. The zero-order valence-electron chi connectivity index (χ0n) is 9.46. The van der Waals surface area contributed by atoms with Crippen LogP contribution >= 0.6 is 15.9 Å². The molecule has 0 spiro atoms. The number of rotatable bonds is 2. The van der Waals surface area contributed by atoms with Gasteiger partial charge in [-0.15, -0.1) is 0 Å². The van der Waals surface area contributed by atoms with E-state index in [1.165, 1.54) is 5.56 Å². The highest BCUT2D eigenvalue weighted by molar-refractivity contribution is 9.10. The number of carbonyl (C=O) groups is 1. The lowest BCUT2D eigenvalue weighted by Gasteiger charge is -2.15. The zero-order valence-corrected chi connectivity index (χ0v) is 11.0. The van der Waals surface area contributed by atoms with Gasteiger partial charge in [0, 0.05) is 23.8 Å². The summed E-state index contributed by atoms with van der Waals surface area (Å²) in [6, 6.07) is 6.01. The Morgan fingerprint density at radius 1 is 1.50 bits per heavy atom. The number of halogens is 1. The van der Waals surface area contributed by atoms with Crippen molar-refractivity contribution < 1.29 is 4.79 Å². The third kappa shape index (κ3) is 2.21. The van der Waals surface area contributed by atoms with E-state index in [2.05, 4.69) is 27.3 Å². The van der Waals surface area contributed by atoms with Crippen molar-refractivity contribution in [2.24, 2.45) is 0 Å². The average Bonchev–Trinajstić information content (AvgIpc) is 2.55. The topological polar surface area (TPSA) is 32.3 Å². The van der Waals surface area contributed by atoms with Crippen LogP contribution in [-0.4, -0.2) is 30.4 Å². The number of carbonyl (C=O) groups excluding carboxylic acids is 1. The van der Waals surface area contributed by atoms with E-state index >= 15 is 0 Å². The predicted octanol–water partition coefficient (Wildman–Crippen LogP) is 2.40. The Morgan fingerprint density at radius 3 is 2.88 bits per heavy atom. The number of nitrogens with one attached hydrogen (secondary N) is 1. The monoisotopic (exact) mass is 282 g/mol. The number of hydrogen-bond donors (Lipinski definition) is 1. The summed E-state index contributed by atoms with van der Waals surface area (Å²) in [5.74, 6) is 0.174. The second-order valence-electron chi connectivity index (χ2n) is 4.23. The molecule has 1 amide bonds. The van der Waals surface area contributed by atoms with E-state index in [0.717, 1.165) is 23.1 Å². The van der Waals surface area contributed by atoms with Crippen LogP contribution in [0, 0.1) is 6.92 Å². The molecule has 0 aliphatic carbocycles. The quantitative estimate of drug-likeness (QED) is 0.904. The summed E-state index contributed by atoms with van der Waals surface area (Å²) in [6.45, 7) is 2.88. The smallest absolute Gasteiger partial charge is 0.244 e. The van der Waals surface area contributed by atoms with Crippen molar-refractivity contribution in [2.45, 2.75) is 19.4 Å². The van der Waals surface area contributed by atoms with E-state index in [-0.39, 0.29) is 11.9 Å². The van der Waals surface area contributed by atoms with E-state index in [4.69, 9.17) is 0 Å². The van der Waals surface area contributed by atoms with Crippen LogP contribution in [0.4, 0.5) is 5.69 Å². The number of likely N-dealkylation sites (tertiary alicyclic amines) is 1. The van der Waals surface area contributed by atoms with Gasteiger partial charge in [0.2, 0.25) is 5.91 Å². The van der Waals surface area contributed by atoms with Crippen LogP contribution in [0.25, 0.3) is 0 Å².